The number of hydrogen-bond acceptors (Lipinski definition) is 3. The van der Waals surface area contributed by atoms with Crippen LogP contribution >= 0.6 is 38.5 Å². The molecule has 0 N–H and O–H groups in total. The van der Waals surface area contributed by atoms with Gasteiger partial charge in [0.05, 0.1) is 18.0 Å². The quantitative estimate of drug-likeness (QED) is 0.461. The van der Waals surface area contributed by atoms with Crippen molar-refractivity contribution in [2.45, 2.75) is 0 Å². The first-order valence-corrected chi connectivity index (χ1v) is 6.20. The number of nitriles is 1. The molecule has 1 aromatic carbocycles. The number of halogens is 2. The van der Waals surface area contributed by atoms with Crippen molar-refractivity contribution >= 4 is 44.3 Å². The molecule has 0 aliphatic carbocycles. The second kappa shape index (κ2) is 5.47. The molecule has 0 unspecified atom stereocenters. The van der Waals surface area contributed by atoms with Gasteiger partial charge in [-0.3, -0.25) is 4.79 Å². The van der Waals surface area contributed by atoms with Crippen LogP contribution in [0.5, 0.6) is 5.75 Å². The summed E-state index contributed by atoms with van der Waals surface area (Å²) in [5, 5.41) is 9.11. The highest BCUT2D eigenvalue weighted by Gasteiger charge is 2.13. The van der Waals surface area contributed by atoms with Crippen molar-refractivity contribution in [2.75, 3.05) is 12.4 Å². The number of hydrogen-bond donors (Lipinski definition) is 0. The molecule has 0 aliphatic heterocycles. The van der Waals surface area contributed by atoms with Crippen LogP contribution in [-0.2, 0) is 0 Å². The molecule has 1 aromatic rings. The van der Waals surface area contributed by atoms with Crippen LogP contribution in [0.25, 0.3) is 0 Å². The maximum Gasteiger partial charge on any atom is 0.174 e. The van der Waals surface area contributed by atoms with Gasteiger partial charge in [0.1, 0.15) is 11.8 Å². The molecule has 0 heterocycles. The van der Waals surface area contributed by atoms with E-state index in [0.29, 0.717) is 16.9 Å². The van der Waals surface area contributed by atoms with Gasteiger partial charge in [-0.15, -0.1) is 0 Å². The van der Waals surface area contributed by atoms with Crippen LogP contribution in [0.3, 0.4) is 0 Å². The topological polar surface area (TPSA) is 50.1 Å². The summed E-state index contributed by atoms with van der Waals surface area (Å²) in [6, 6.07) is 5.25. The number of benzene rings is 1. The van der Waals surface area contributed by atoms with Crippen molar-refractivity contribution in [3.05, 3.63) is 26.8 Å². The molecule has 5 heteroatoms. The summed E-state index contributed by atoms with van der Waals surface area (Å²) >= 11 is 5.15. The lowest BCUT2D eigenvalue weighted by molar-refractivity contribution is 0.102. The van der Waals surface area contributed by atoms with Gasteiger partial charge in [-0.05, 0) is 34.7 Å². The first-order valence-electron chi connectivity index (χ1n) is 4.00. The van der Waals surface area contributed by atoms with Crippen LogP contribution in [0, 0.1) is 14.9 Å². The number of alkyl halides is 1. The SMILES string of the molecule is COc1cc(I)c(C(=O)CBr)cc1C#N. The van der Waals surface area contributed by atoms with E-state index in [1.54, 1.807) is 12.1 Å². The molecular formula is C10H7BrINO2. The Morgan fingerprint density at radius 1 is 1.67 bits per heavy atom. The Balaban J connectivity index is 3.33. The van der Waals surface area contributed by atoms with E-state index >= 15 is 0 Å². The van der Waals surface area contributed by atoms with E-state index in [9.17, 15) is 4.79 Å². The van der Waals surface area contributed by atoms with Crippen molar-refractivity contribution in [3.63, 3.8) is 0 Å². The average molecular weight is 380 g/mol. The predicted octanol–water partition coefficient (Wildman–Crippen LogP) is 2.75. The number of carbonyl (C=O) groups is 1. The van der Waals surface area contributed by atoms with Crippen molar-refractivity contribution in [3.8, 4) is 11.8 Å². The standard InChI is InChI=1S/C10H7BrINO2/c1-15-10-3-8(12)7(9(14)4-11)2-6(10)5-13/h2-3H,4H2,1H3. The molecule has 0 aliphatic rings. The Bertz CT molecular complexity index is 440. The highest BCUT2D eigenvalue weighted by atomic mass is 127. The monoisotopic (exact) mass is 379 g/mol. The summed E-state index contributed by atoms with van der Waals surface area (Å²) in [7, 11) is 1.50. The van der Waals surface area contributed by atoms with Crippen molar-refractivity contribution < 1.29 is 9.53 Å². The Labute approximate surface area is 110 Å². The number of ketones is 1. The molecule has 0 fully saturated rings. The third-order valence-corrected chi connectivity index (χ3v) is 3.23. The van der Waals surface area contributed by atoms with Crippen molar-refractivity contribution in [1.82, 2.24) is 0 Å². The molecule has 0 amide bonds. The van der Waals surface area contributed by atoms with E-state index in [2.05, 4.69) is 15.9 Å². The summed E-state index contributed by atoms with van der Waals surface area (Å²) in [6.45, 7) is 0. The zero-order valence-electron chi connectivity index (χ0n) is 7.88. The van der Waals surface area contributed by atoms with Gasteiger partial charge in [0, 0.05) is 9.13 Å². The molecule has 15 heavy (non-hydrogen) atoms. The largest absolute Gasteiger partial charge is 0.495 e. The van der Waals surface area contributed by atoms with E-state index in [4.69, 9.17) is 10.00 Å². The average Bonchev–Trinajstić information content (AvgIpc) is 2.27. The summed E-state index contributed by atoms with van der Waals surface area (Å²) in [6.07, 6.45) is 0. The van der Waals surface area contributed by atoms with Crippen LogP contribution in [-0.4, -0.2) is 18.2 Å². The fourth-order valence-corrected chi connectivity index (χ4v) is 2.14. The summed E-state index contributed by atoms with van der Waals surface area (Å²) < 4.78 is 5.82. The summed E-state index contributed by atoms with van der Waals surface area (Å²) in [5.74, 6) is 0.451. The van der Waals surface area contributed by atoms with Crippen LogP contribution in [0.2, 0.25) is 0 Å². The second-order valence-corrected chi connectivity index (χ2v) is 4.42. The lowest BCUT2D eigenvalue weighted by Crippen LogP contribution is -2.04. The Morgan fingerprint density at radius 2 is 2.33 bits per heavy atom. The molecule has 0 atom stereocenters. The smallest absolute Gasteiger partial charge is 0.174 e. The van der Waals surface area contributed by atoms with Gasteiger partial charge in [0.2, 0.25) is 0 Å². The molecule has 3 nitrogen and oxygen atoms in total. The van der Waals surface area contributed by atoms with Crippen LogP contribution in [0.4, 0.5) is 0 Å². The number of Topliss-reactive ketones (excluding diaryl/α,β-unsaturated/α-hetero) is 1. The van der Waals surface area contributed by atoms with E-state index in [0.717, 1.165) is 3.57 Å². The number of carbonyl (C=O) groups excluding carboxylic acids is 1. The number of ether oxygens (including phenoxy) is 1. The van der Waals surface area contributed by atoms with E-state index in [-0.39, 0.29) is 11.1 Å². The molecular weight excluding hydrogens is 373 g/mol. The van der Waals surface area contributed by atoms with Crippen molar-refractivity contribution in [1.29, 1.82) is 5.26 Å². The summed E-state index contributed by atoms with van der Waals surface area (Å²) in [5.41, 5.74) is 0.923. The maximum atomic E-state index is 11.5. The minimum absolute atomic E-state index is 0.0430. The molecule has 0 saturated heterocycles. The zero-order chi connectivity index (χ0) is 11.4. The van der Waals surface area contributed by atoms with Crippen LogP contribution in [0.15, 0.2) is 12.1 Å². The van der Waals surface area contributed by atoms with Gasteiger partial charge >= 0.3 is 0 Å². The second-order valence-electron chi connectivity index (χ2n) is 2.70. The molecule has 0 saturated carbocycles. The van der Waals surface area contributed by atoms with Gasteiger partial charge in [-0.2, -0.15) is 5.26 Å². The van der Waals surface area contributed by atoms with Crippen molar-refractivity contribution in [2.24, 2.45) is 0 Å². The minimum Gasteiger partial charge on any atom is -0.495 e. The van der Waals surface area contributed by atoms with Gasteiger partial charge in [0.25, 0.3) is 0 Å². The predicted molar refractivity (Wildman–Crippen MR) is 68.6 cm³/mol. The number of rotatable bonds is 3. The number of methoxy groups -OCH3 is 1. The fourth-order valence-electron chi connectivity index (χ4n) is 1.10. The Morgan fingerprint density at radius 3 is 2.80 bits per heavy atom. The van der Waals surface area contributed by atoms with Gasteiger partial charge < -0.3 is 4.74 Å². The molecule has 0 radical (unpaired) electrons. The molecule has 1 rings (SSSR count). The Kier molecular flexibility index (Phi) is 4.54. The highest BCUT2D eigenvalue weighted by Crippen LogP contribution is 2.25. The summed E-state index contributed by atoms with van der Waals surface area (Å²) in [4.78, 5) is 11.5. The molecule has 78 valence electrons. The van der Waals surface area contributed by atoms with Gasteiger partial charge in [-0.25, -0.2) is 0 Å². The van der Waals surface area contributed by atoms with Crippen LogP contribution < -0.4 is 4.74 Å². The lowest BCUT2D eigenvalue weighted by atomic mass is 10.1. The van der Waals surface area contributed by atoms with E-state index < -0.39 is 0 Å². The molecule has 0 spiro atoms. The fraction of sp³-hybridized carbons (Fsp3) is 0.200. The van der Waals surface area contributed by atoms with Gasteiger partial charge in [0.15, 0.2) is 5.78 Å². The van der Waals surface area contributed by atoms with E-state index in [1.807, 2.05) is 28.7 Å². The minimum atomic E-state index is -0.0430. The maximum absolute atomic E-state index is 11.5. The third kappa shape index (κ3) is 2.69. The van der Waals surface area contributed by atoms with Gasteiger partial charge in [-0.1, -0.05) is 15.9 Å². The normalized spacial score (nSPS) is 9.47. The first-order chi connectivity index (χ1) is 7.13. The van der Waals surface area contributed by atoms with E-state index in [1.165, 1.54) is 7.11 Å². The molecule has 0 bridgehead atoms. The number of nitrogens with zero attached hydrogens (tertiary/aromatic N) is 1. The zero-order valence-corrected chi connectivity index (χ0v) is 11.6. The lowest BCUT2D eigenvalue weighted by Gasteiger charge is -2.06. The third-order valence-electron chi connectivity index (χ3n) is 1.83. The molecule has 0 aromatic heterocycles. The Hall–Kier alpha value is -0.610. The highest BCUT2D eigenvalue weighted by molar-refractivity contribution is 14.1. The first kappa shape index (κ1) is 12.5. The van der Waals surface area contributed by atoms with Crippen LogP contribution in [0.1, 0.15) is 15.9 Å².